The molecule has 0 aliphatic carbocycles. The van der Waals surface area contributed by atoms with E-state index in [0.717, 1.165) is 11.8 Å². The Morgan fingerprint density at radius 1 is 0.958 bits per heavy atom. The van der Waals surface area contributed by atoms with Crippen molar-refractivity contribution in [3.8, 4) is 0 Å². The lowest BCUT2D eigenvalue weighted by Gasteiger charge is -2.09. The lowest BCUT2D eigenvalue weighted by molar-refractivity contribution is 0.0943. The van der Waals surface area contributed by atoms with E-state index in [2.05, 4.69) is 10.6 Å². The fourth-order valence-electron chi connectivity index (χ4n) is 2.17. The lowest BCUT2D eigenvalue weighted by atomic mass is 10.1. The van der Waals surface area contributed by atoms with Crippen LogP contribution in [0, 0.1) is 0 Å². The molecule has 0 heterocycles. The van der Waals surface area contributed by atoms with Gasteiger partial charge >= 0.3 is 0 Å². The number of hydrogen-bond donors (Lipinski definition) is 2. The maximum absolute atomic E-state index is 12.3. The van der Waals surface area contributed by atoms with E-state index in [1.807, 2.05) is 0 Å². The Bertz CT molecular complexity index is 858. The molecule has 0 saturated heterocycles. The van der Waals surface area contributed by atoms with Crippen molar-refractivity contribution in [2.45, 2.75) is 11.4 Å². The SMILES string of the molecule is CNC(=O)c1ccc(CNC(=O)c2ccccc2S(C)(=O)=O)cc1. The third kappa shape index (κ3) is 4.20. The van der Waals surface area contributed by atoms with Gasteiger partial charge < -0.3 is 10.6 Å². The zero-order valence-electron chi connectivity index (χ0n) is 13.4. The highest BCUT2D eigenvalue weighted by Gasteiger charge is 2.17. The fraction of sp³-hybridized carbons (Fsp3) is 0.176. The van der Waals surface area contributed by atoms with Gasteiger partial charge in [-0.1, -0.05) is 24.3 Å². The Hall–Kier alpha value is -2.67. The summed E-state index contributed by atoms with van der Waals surface area (Å²) >= 11 is 0. The first-order chi connectivity index (χ1) is 11.3. The Balaban J connectivity index is 2.11. The maximum atomic E-state index is 12.3. The van der Waals surface area contributed by atoms with E-state index in [9.17, 15) is 18.0 Å². The number of amides is 2. The molecule has 0 unspecified atom stereocenters. The van der Waals surface area contributed by atoms with Gasteiger partial charge in [0.25, 0.3) is 11.8 Å². The Morgan fingerprint density at radius 3 is 2.17 bits per heavy atom. The smallest absolute Gasteiger partial charge is 0.252 e. The molecule has 0 bridgehead atoms. The highest BCUT2D eigenvalue weighted by Crippen LogP contribution is 2.15. The molecule has 7 heteroatoms. The van der Waals surface area contributed by atoms with Crippen molar-refractivity contribution < 1.29 is 18.0 Å². The van der Waals surface area contributed by atoms with Crippen LogP contribution in [0.3, 0.4) is 0 Å². The van der Waals surface area contributed by atoms with Gasteiger partial charge in [0.2, 0.25) is 0 Å². The van der Waals surface area contributed by atoms with Crippen LogP contribution >= 0.6 is 0 Å². The quantitative estimate of drug-likeness (QED) is 0.855. The summed E-state index contributed by atoms with van der Waals surface area (Å²) in [5.41, 5.74) is 1.44. The topological polar surface area (TPSA) is 92.3 Å². The summed E-state index contributed by atoms with van der Waals surface area (Å²) in [5, 5.41) is 5.21. The van der Waals surface area contributed by atoms with Crippen molar-refractivity contribution in [2.24, 2.45) is 0 Å². The molecule has 2 N–H and O–H groups in total. The minimum absolute atomic E-state index is 0.00235. The molecule has 0 aliphatic rings. The van der Waals surface area contributed by atoms with Gasteiger partial charge in [-0.15, -0.1) is 0 Å². The summed E-state index contributed by atoms with van der Waals surface area (Å²) in [5.74, 6) is -0.654. The van der Waals surface area contributed by atoms with Crippen LogP contribution in [-0.2, 0) is 16.4 Å². The van der Waals surface area contributed by atoms with Crippen LogP contribution in [-0.4, -0.2) is 33.5 Å². The van der Waals surface area contributed by atoms with Gasteiger partial charge in [0.1, 0.15) is 0 Å². The number of sulfone groups is 1. The molecule has 2 aromatic rings. The van der Waals surface area contributed by atoms with E-state index < -0.39 is 15.7 Å². The van der Waals surface area contributed by atoms with Gasteiger partial charge in [-0.3, -0.25) is 9.59 Å². The first-order valence-corrected chi connectivity index (χ1v) is 9.10. The fourth-order valence-corrected chi connectivity index (χ4v) is 3.06. The molecule has 0 radical (unpaired) electrons. The van der Waals surface area contributed by atoms with Gasteiger partial charge in [0, 0.05) is 25.4 Å². The average Bonchev–Trinajstić information content (AvgIpc) is 2.58. The van der Waals surface area contributed by atoms with Crippen LogP contribution < -0.4 is 10.6 Å². The predicted octanol–water partition coefficient (Wildman–Crippen LogP) is 1.38. The molecule has 0 spiro atoms. The number of rotatable bonds is 5. The van der Waals surface area contributed by atoms with Crippen molar-refractivity contribution in [2.75, 3.05) is 13.3 Å². The first-order valence-electron chi connectivity index (χ1n) is 7.21. The predicted molar refractivity (Wildman–Crippen MR) is 90.6 cm³/mol. The molecule has 2 aromatic carbocycles. The molecule has 0 saturated carbocycles. The van der Waals surface area contributed by atoms with Crippen molar-refractivity contribution in [3.63, 3.8) is 0 Å². The van der Waals surface area contributed by atoms with Crippen LogP contribution in [0.1, 0.15) is 26.3 Å². The molecule has 126 valence electrons. The van der Waals surface area contributed by atoms with Crippen molar-refractivity contribution in [1.29, 1.82) is 0 Å². The molecule has 0 fully saturated rings. The number of carbonyl (C=O) groups excluding carboxylic acids is 2. The van der Waals surface area contributed by atoms with Gasteiger partial charge in [-0.25, -0.2) is 8.42 Å². The minimum atomic E-state index is -3.48. The third-order valence-electron chi connectivity index (χ3n) is 3.43. The zero-order chi connectivity index (χ0) is 17.7. The summed E-state index contributed by atoms with van der Waals surface area (Å²) < 4.78 is 23.5. The third-order valence-corrected chi connectivity index (χ3v) is 4.58. The van der Waals surface area contributed by atoms with Crippen LogP contribution in [0.2, 0.25) is 0 Å². The van der Waals surface area contributed by atoms with Gasteiger partial charge in [0.15, 0.2) is 9.84 Å². The largest absolute Gasteiger partial charge is 0.355 e. The number of benzene rings is 2. The van der Waals surface area contributed by atoms with Gasteiger partial charge in [-0.2, -0.15) is 0 Å². The van der Waals surface area contributed by atoms with Gasteiger partial charge in [0.05, 0.1) is 10.5 Å². The van der Waals surface area contributed by atoms with E-state index >= 15 is 0 Å². The molecular formula is C17H18N2O4S. The molecular weight excluding hydrogens is 328 g/mol. The second-order valence-corrected chi connectivity index (χ2v) is 7.21. The van der Waals surface area contributed by atoms with E-state index in [1.54, 1.807) is 43.4 Å². The van der Waals surface area contributed by atoms with Crippen LogP contribution in [0.25, 0.3) is 0 Å². The van der Waals surface area contributed by atoms with E-state index in [4.69, 9.17) is 0 Å². The second kappa shape index (κ2) is 7.27. The van der Waals surface area contributed by atoms with Crippen LogP contribution in [0.5, 0.6) is 0 Å². The molecule has 24 heavy (non-hydrogen) atoms. The first kappa shape index (κ1) is 17.7. The standard InChI is InChI=1S/C17H18N2O4S/c1-18-16(20)13-9-7-12(8-10-13)11-19-17(21)14-5-3-4-6-15(14)24(2,22)23/h3-10H,11H2,1-2H3,(H,18,20)(H,19,21). The molecule has 0 atom stereocenters. The van der Waals surface area contributed by atoms with Crippen LogP contribution in [0.15, 0.2) is 53.4 Å². The summed E-state index contributed by atoms with van der Waals surface area (Å²) in [4.78, 5) is 23.7. The number of carbonyl (C=O) groups is 2. The molecule has 2 amide bonds. The maximum Gasteiger partial charge on any atom is 0.252 e. The lowest BCUT2D eigenvalue weighted by Crippen LogP contribution is -2.24. The van der Waals surface area contributed by atoms with E-state index in [-0.39, 0.29) is 22.9 Å². The summed E-state index contributed by atoms with van der Waals surface area (Å²) in [6.45, 7) is 0.227. The normalized spacial score (nSPS) is 10.9. The summed E-state index contributed by atoms with van der Waals surface area (Å²) in [6.07, 6.45) is 1.07. The Morgan fingerprint density at radius 2 is 1.58 bits per heavy atom. The molecule has 0 aliphatic heterocycles. The highest BCUT2D eigenvalue weighted by atomic mass is 32.2. The Labute approximate surface area is 140 Å². The molecule has 0 aromatic heterocycles. The Kier molecular flexibility index (Phi) is 5.35. The van der Waals surface area contributed by atoms with Crippen molar-refractivity contribution in [3.05, 3.63) is 65.2 Å². The van der Waals surface area contributed by atoms with Crippen molar-refractivity contribution >= 4 is 21.7 Å². The van der Waals surface area contributed by atoms with Crippen LogP contribution in [0.4, 0.5) is 0 Å². The number of nitrogens with one attached hydrogen (secondary N) is 2. The highest BCUT2D eigenvalue weighted by molar-refractivity contribution is 7.90. The summed E-state index contributed by atoms with van der Waals surface area (Å²) in [6, 6.07) is 12.8. The summed E-state index contributed by atoms with van der Waals surface area (Å²) in [7, 11) is -1.93. The second-order valence-electron chi connectivity index (χ2n) is 5.23. The average molecular weight is 346 g/mol. The number of hydrogen-bond acceptors (Lipinski definition) is 4. The monoisotopic (exact) mass is 346 g/mol. The minimum Gasteiger partial charge on any atom is -0.355 e. The molecule has 2 rings (SSSR count). The van der Waals surface area contributed by atoms with E-state index in [1.165, 1.54) is 12.1 Å². The van der Waals surface area contributed by atoms with E-state index in [0.29, 0.717) is 5.56 Å². The van der Waals surface area contributed by atoms with Gasteiger partial charge in [-0.05, 0) is 29.8 Å². The molecule has 6 nitrogen and oxygen atoms in total. The van der Waals surface area contributed by atoms with Crippen molar-refractivity contribution in [1.82, 2.24) is 10.6 Å². The zero-order valence-corrected chi connectivity index (χ0v) is 14.2.